The van der Waals surface area contributed by atoms with Crippen molar-refractivity contribution in [3.05, 3.63) is 64.4 Å². The summed E-state index contributed by atoms with van der Waals surface area (Å²) in [5.74, 6) is -2.86. The van der Waals surface area contributed by atoms with Crippen LogP contribution in [-0.2, 0) is 4.79 Å². The van der Waals surface area contributed by atoms with Gasteiger partial charge in [0.05, 0.1) is 11.1 Å². The highest BCUT2D eigenvalue weighted by Gasteiger charge is 2.38. The van der Waals surface area contributed by atoms with E-state index in [2.05, 4.69) is 5.32 Å². The SMILES string of the molecule is O=C(CN1C(=O)c2cccc(F)c2C1=O)Nc1cccc(Cl)c1. The summed E-state index contributed by atoms with van der Waals surface area (Å²) in [7, 11) is 0. The number of fused-ring (bicyclic) bond motifs is 1. The van der Waals surface area contributed by atoms with Crippen molar-refractivity contribution in [3.8, 4) is 0 Å². The van der Waals surface area contributed by atoms with E-state index >= 15 is 0 Å². The average molecular weight is 333 g/mol. The molecule has 0 unspecified atom stereocenters. The number of nitrogens with one attached hydrogen (secondary N) is 1. The summed E-state index contributed by atoms with van der Waals surface area (Å²) < 4.78 is 13.7. The molecule has 1 heterocycles. The van der Waals surface area contributed by atoms with Crippen LogP contribution in [0.2, 0.25) is 5.02 Å². The lowest BCUT2D eigenvalue weighted by molar-refractivity contribution is -0.116. The molecule has 23 heavy (non-hydrogen) atoms. The summed E-state index contributed by atoms with van der Waals surface area (Å²) in [5.41, 5.74) is 0.101. The number of carbonyl (C=O) groups is 3. The molecule has 2 aromatic rings. The van der Waals surface area contributed by atoms with Gasteiger partial charge in [0.15, 0.2) is 0 Å². The van der Waals surface area contributed by atoms with Crippen molar-refractivity contribution < 1.29 is 18.8 Å². The highest BCUT2D eigenvalue weighted by Crippen LogP contribution is 2.25. The minimum Gasteiger partial charge on any atom is -0.324 e. The van der Waals surface area contributed by atoms with Gasteiger partial charge < -0.3 is 5.32 Å². The molecule has 0 atom stereocenters. The van der Waals surface area contributed by atoms with Crippen molar-refractivity contribution in [3.63, 3.8) is 0 Å². The van der Waals surface area contributed by atoms with Gasteiger partial charge in [0.1, 0.15) is 12.4 Å². The zero-order valence-electron chi connectivity index (χ0n) is 11.7. The first-order valence-electron chi connectivity index (χ1n) is 6.67. The molecule has 0 fully saturated rings. The Bertz CT molecular complexity index is 838. The van der Waals surface area contributed by atoms with Crippen molar-refractivity contribution in [2.24, 2.45) is 0 Å². The van der Waals surface area contributed by atoms with Crippen molar-refractivity contribution in [1.29, 1.82) is 0 Å². The third-order valence-corrected chi connectivity index (χ3v) is 3.59. The van der Waals surface area contributed by atoms with Gasteiger partial charge in [-0.2, -0.15) is 0 Å². The molecule has 0 saturated carbocycles. The van der Waals surface area contributed by atoms with Crippen LogP contribution in [0.3, 0.4) is 0 Å². The van der Waals surface area contributed by atoms with Crippen LogP contribution in [0.1, 0.15) is 20.7 Å². The van der Waals surface area contributed by atoms with Crippen LogP contribution in [0.25, 0.3) is 0 Å². The maximum absolute atomic E-state index is 13.7. The number of nitrogens with zero attached hydrogens (tertiary/aromatic N) is 1. The first-order chi connectivity index (χ1) is 11.0. The van der Waals surface area contributed by atoms with Gasteiger partial charge in [-0.1, -0.05) is 23.7 Å². The number of halogens is 2. The van der Waals surface area contributed by atoms with Gasteiger partial charge in [-0.25, -0.2) is 4.39 Å². The lowest BCUT2D eigenvalue weighted by Crippen LogP contribution is -2.37. The standard InChI is InChI=1S/C16H10ClFN2O3/c17-9-3-1-4-10(7-9)19-13(21)8-20-15(22)11-5-2-6-12(18)14(11)16(20)23/h1-7H,8H2,(H,19,21). The molecular formula is C16H10ClFN2O3. The van der Waals surface area contributed by atoms with Crippen LogP contribution < -0.4 is 5.32 Å². The number of hydrogen-bond donors (Lipinski definition) is 1. The molecule has 0 spiro atoms. The summed E-state index contributed by atoms with van der Waals surface area (Å²) in [6.45, 7) is -0.502. The van der Waals surface area contributed by atoms with Crippen molar-refractivity contribution >= 4 is 35.0 Å². The Balaban J connectivity index is 1.77. The number of anilines is 1. The van der Waals surface area contributed by atoms with Crippen LogP contribution in [0, 0.1) is 5.82 Å². The van der Waals surface area contributed by atoms with E-state index in [0.29, 0.717) is 15.6 Å². The van der Waals surface area contributed by atoms with Crippen LogP contribution in [0.5, 0.6) is 0 Å². The van der Waals surface area contributed by atoms with Gasteiger partial charge in [0.25, 0.3) is 11.8 Å². The van der Waals surface area contributed by atoms with Gasteiger partial charge in [-0.3, -0.25) is 19.3 Å². The Morgan fingerprint density at radius 2 is 1.87 bits per heavy atom. The number of carbonyl (C=O) groups excluding carboxylic acids is 3. The van der Waals surface area contributed by atoms with E-state index in [0.717, 1.165) is 6.07 Å². The number of benzene rings is 2. The number of imide groups is 1. The monoisotopic (exact) mass is 332 g/mol. The molecular weight excluding hydrogens is 323 g/mol. The second-order valence-corrected chi connectivity index (χ2v) is 5.35. The minimum absolute atomic E-state index is 0.0365. The lowest BCUT2D eigenvalue weighted by atomic mass is 10.1. The highest BCUT2D eigenvalue weighted by atomic mass is 35.5. The first-order valence-corrected chi connectivity index (χ1v) is 7.05. The summed E-state index contributed by atoms with van der Waals surface area (Å²) >= 11 is 5.81. The second-order valence-electron chi connectivity index (χ2n) is 4.92. The third-order valence-electron chi connectivity index (χ3n) is 3.36. The van der Waals surface area contributed by atoms with Crippen LogP contribution in [0.15, 0.2) is 42.5 Å². The van der Waals surface area contributed by atoms with E-state index in [1.165, 1.54) is 18.2 Å². The van der Waals surface area contributed by atoms with Gasteiger partial charge >= 0.3 is 0 Å². The molecule has 2 aromatic carbocycles. The molecule has 7 heteroatoms. The molecule has 1 N–H and O–H groups in total. The molecule has 3 rings (SSSR count). The lowest BCUT2D eigenvalue weighted by Gasteiger charge is -2.13. The Hall–Kier alpha value is -2.73. The summed E-state index contributed by atoms with van der Waals surface area (Å²) in [6.07, 6.45) is 0. The quantitative estimate of drug-likeness (QED) is 0.879. The maximum Gasteiger partial charge on any atom is 0.265 e. The zero-order chi connectivity index (χ0) is 16.6. The summed E-state index contributed by atoms with van der Waals surface area (Å²) in [5, 5.41) is 2.96. The van der Waals surface area contributed by atoms with Gasteiger partial charge in [0, 0.05) is 10.7 Å². The molecule has 1 aliphatic rings. The molecule has 116 valence electrons. The predicted molar refractivity (Wildman–Crippen MR) is 81.8 cm³/mol. The number of amides is 3. The normalized spacial score (nSPS) is 13.2. The van der Waals surface area contributed by atoms with Crippen LogP contribution in [-0.4, -0.2) is 29.2 Å². The minimum atomic E-state index is -0.815. The fraction of sp³-hybridized carbons (Fsp3) is 0.0625. The van der Waals surface area contributed by atoms with Crippen LogP contribution in [0.4, 0.5) is 10.1 Å². The van der Waals surface area contributed by atoms with Gasteiger partial charge in [-0.15, -0.1) is 0 Å². The maximum atomic E-state index is 13.7. The molecule has 0 aromatic heterocycles. The molecule has 0 saturated heterocycles. The molecule has 1 aliphatic heterocycles. The highest BCUT2D eigenvalue weighted by molar-refractivity contribution is 6.31. The fourth-order valence-corrected chi connectivity index (χ4v) is 2.54. The molecule has 0 aliphatic carbocycles. The Labute approximate surface area is 135 Å². The van der Waals surface area contributed by atoms with E-state index in [1.54, 1.807) is 18.2 Å². The molecule has 3 amide bonds. The Kier molecular flexibility index (Phi) is 3.83. The van der Waals surface area contributed by atoms with Crippen molar-refractivity contribution in [2.45, 2.75) is 0 Å². The zero-order valence-corrected chi connectivity index (χ0v) is 12.4. The molecule has 0 radical (unpaired) electrons. The summed E-state index contributed by atoms with van der Waals surface area (Å²) in [4.78, 5) is 37.0. The number of hydrogen-bond acceptors (Lipinski definition) is 3. The summed E-state index contributed by atoms with van der Waals surface area (Å²) in [6, 6.07) is 10.2. The van der Waals surface area contributed by atoms with E-state index in [1.807, 2.05) is 0 Å². The largest absolute Gasteiger partial charge is 0.324 e. The molecule has 5 nitrogen and oxygen atoms in total. The van der Waals surface area contributed by atoms with Crippen molar-refractivity contribution in [2.75, 3.05) is 11.9 Å². The second kappa shape index (κ2) is 5.81. The Morgan fingerprint density at radius 1 is 1.13 bits per heavy atom. The number of rotatable bonds is 3. The first kappa shape index (κ1) is 15.2. The van der Waals surface area contributed by atoms with Crippen LogP contribution >= 0.6 is 11.6 Å². The topological polar surface area (TPSA) is 66.5 Å². The smallest absolute Gasteiger partial charge is 0.265 e. The van der Waals surface area contributed by atoms with E-state index in [-0.39, 0.29) is 11.1 Å². The fourth-order valence-electron chi connectivity index (χ4n) is 2.35. The van der Waals surface area contributed by atoms with Gasteiger partial charge in [-0.05, 0) is 30.3 Å². The third kappa shape index (κ3) is 2.80. The van der Waals surface area contributed by atoms with E-state index in [9.17, 15) is 18.8 Å². The van der Waals surface area contributed by atoms with E-state index < -0.39 is 30.1 Å². The Morgan fingerprint density at radius 3 is 2.57 bits per heavy atom. The average Bonchev–Trinajstić information content (AvgIpc) is 2.73. The van der Waals surface area contributed by atoms with Gasteiger partial charge in [0.2, 0.25) is 5.91 Å². The predicted octanol–water partition coefficient (Wildman–Crippen LogP) is 2.71. The molecule has 0 bridgehead atoms. The van der Waals surface area contributed by atoms with E-state index in [4.69, 9.17) is 11.6 Å². The van der Waals surface area contributed by atoms with Crippen molar-refractivity contribution in [1.82, 2.24) is 4.90 Å².